The Hall–Kier alpha value is -2.50. The van der Waals surface area contributed by atoms with E-state index in [1.165, 1.54) is 0 Å². The van der Waals surface area contributed by atoms with Crippen LogP contribution in [-0.2, 0) is 0 Å². The molecule has 6 heteroatoms. The van der Waals surface area contributed by atoms with Crippen LogP contribution in [0.1, 0.15) is 41.7 Å². The topological polar surface area (TPSA) is 62.2 Å². The van der Waals surface area contributed by atoms with Gasteiger partial charge in [0.1, 0.15) is 0 Å². The number of carbonyl (C=O) groups is 1. The fourth-order valence-corrected chi connectivity index (χ4v) is 4.10. The standard InChI is InChI=1S/C19H23N5O/c1-15-4-5-16(14-22-15)17(25)23-12-7-19(8-13-23)6-2-11-24(19)18-20-9-3-10-21-18/h3-5,9-10,14H,2,6-8,11-13H2,1H3. The van der Waals surface area contributed by atoms with Crippen molar-refractivity contribution in [1.82, 2.24) is 19.9 Å². The van der Waals surface area contributed by atoms with Crippen LogP contribution in [0, 0.1) is 6.92 Å². The van der Waals surface area contributed by atoms with Crippen molar-refractivity contribution in [3.63, 3.8) is 0 Å². The second-order valence-electron chi connectivity index (χ2n) is 7.01. The van der Waals surface area contributed by atoms with Gasteiger partial charge in [0.25, 0.3) is 5.91 Å². The molecule has 0 aliphatic carbocycles. The van der Waals surface area contributed by atoms with Gasteiger partial charge in [-0.05, 0) is 50.8 Å². The first-order valence-electron chi connectivity index (χ1n) is 8.95. The number of rotatable bonds is 2. The second-order valence-corrected chi connectivity index (χ2v) is 7.01. The lowest BCUT2D eigenvalue weighted by Gasteiger charge is -2.45. The monoisotopic (exact) mass is 337 g/mol. The highest BCUT2D eigenvalue weighted by Gasteiger charge is 2.45. The van der Waals surface area contributed by atoms with Crippen LogP contribution < -0.4 is 4.90 Å². The van der Waals surface area contributed by atoms with Gasteiger partial charge in [-0.15, -0.1) is 0 Å². The maximum atomic E-state index is 12.7. The van der Waals surface area contributed by atoms with Crippen molar-refractivity contribution in [3.05, 3.63) is 48.0 Å². The summed E-state index contributed by atoms with van der Waals surface area (Å²) in [7, 11) is 0. The number of amides is 1. The Balaban J connectivity index is 1.47. The van der Waals surface area contributed by atoms with E-state index in [4.69, 9.17) is 0 Å². The molecule has 0 bridgehead atoms. The largest absolute Gasteiger partial charge is 0.338 e. The SMILES string of the molecule is Cc1ccc(C(=O)N2CCC3(CCCN3c3ncccn3)CC2)cn1. The molecule has 1 amide bonds. The minimum Gasteiger partial charge on any atom is -0.338 e. The first kappa shape index (κ1) is 16.0. The summed E-state index contributed by atoms with van der Waals surface area (Å²) in [5, 5.41) is 0. The van der Waals surface area contributed by atoms with Gasteiger partial charge < -0.3 is 9.80 Å². The third-order valence-electron chi connectivity index (χ3n) is 5.53. The Labute approximate surface area is 147 Å². The summed E-state index contributed by atoms with van der Waals surface area (Å²) in [6.45, 7) is 4.48. The lowest BCUT2D eigenvalue weighted by molar-refractivity contribution is 0.0671. The Morgan fingerprint density at radius 2 is 1.80 bits per heavy atom. The number of piperidine rings is 1. The number of pyridine rings is 1. The van der Waals surface area contributed by atoms with Gasteiger partial charge >= 0.3 is 0 Å². The molecular formula is C19H23N5O. The number of carbonyl (C=O) groups excluding carboxylic acids is 1. The molecule has 2 aliphatic rings. The average Bonchev–Trinajstić information content (AvgIpc) is 3.06. The Morgan fingerprint density at radius 3 is 2.48 bits per heavy atom. The van der Waals surface area contributed by atoms with E-state index in [1.54, 1.807) is 18.6 Å². The van der Waals surface area contributed by atoms with Crippen molar-refractivity contribution in [3.8, 4) is 0 Å². The number of anilines is 1. The fourth-order valence-electron chi connectivity index (χ4n) is 4.10. The molecule has 130 valence electrons. The maximum Gasteiger partial charge on any atom is 0.255 e. The first-order chi connectivity index (χ1) is 12.2. The quantitative estimate of drug-likeness (QED) is 0.842. The van der Waals surface area contributed by atoms with E-state index in [0.29, 0.717) is 5.56 Å². The number of aromatic nitrogens is 3. The molecule has 0 N–H and O–H groups in total. The lowest BCUT2D eigenvalue weighted by Crippen LogP contribution is -2.53. The number of aryl methyl sites for hydroxylation is 1. The summed E-state index contributed by atoms with van der Waals surface area (Å²) in [4.78, 5) is 30.2. The third-order valence-corrected chi connectivity index (χ3v) is 5.53. The Bertz CT molecular complexity index is 738. The fraction of sp³-hybridized carbons (Fsp3) is 0.474. The molecule has 2 fully saturated rings. The van der Waals surface area contributed by atoms with Crippen LogP contribution in [0.5, 0.6) is 0 Å². The molecule has 4 rings (SSSR count). The second kappa shape index (κ2) is 6.43. The highest BCUT2D eigenvalue weighted by Crippen LogP contribution is 2.40. The van der Waals surface area contributed by atoms with Crippen molar-refractivity contribution >= 4 is 11.9 Å². The molecule has 2 aliphatic heterocycles. The van der Waals surface area contributed by atoms with Crippen LogP contribution in [0.2, 0.25) is 0 Å². The molecule has 0 saturated carbocycles. The summed E-state index contributed by atoms with van der Waals surface area (Å²) >= 11 is 0. The van der Waals surface area contributed by atoms with Gasteiger partial charge in [0, 0.05) is 49.5 Å². The molecule has 4 heterocycles. The van der Waals surface area contributed by atoms with E-state index in [0.717, 1.165) is 57.0 Å². The Morgan fingerprint density at radius 1 is 1.04 bits per heavy atom. The van der Waals surface area contributed by atoms with Gasteiger partial charge in [0.15, 0.2) is 0 Å². The predicted octanol–water partition coefficient (Wildman–Crippen LogP) is 2.46. The lowest BCUT2D eigenvalue weighted by atomic mass is 9.85. The van der Waals surface area contributed by atoms with E-state index in [9.17, 15) is 4.79 Å². The minimum atomic E-state index is 0.0860. The highest BCUT2D eigenvalue weighted by molar-refractivity contribution is 5.94. The molecule has 2 aromatic heterocycles. The zero-order valence-corrected chi connectivity index (χ0v) is 14.6. The predicted molar refractivity (Wildman–Crippen MR) is 95.5 cm³/mol. The average molecular weight is 337 g/mol. The Kier molecular flexibility index (Phi) is 4.11. The number of likely N-dealkylation sites (tertiary alicyclic amines) is 1. The van der Waals surface area contributed by atoms with Gasteiger partial charge in [-0.2, -0.15) is 0 Å². The molecule has 1 spiro atoms. The van der Waals surface area contributed by atoms with Crippen LogP contribution >= 0.6 is 0 Å². The van der Waals surface area contributed by atoms with E-state index in [1.807, 2.05) is 30.0 Å². The van der Waals surface area contributed by atoms with Crippen molar-refractivity contribution in [2.24, 2.45) is 0 Å². The molecular weight excluding hydrogens is 314 g/mol. The van der Waals surface area contributed by atoms with Gasteiger partial charge in [0.2, 0.25) is 5.95 Å². The smallest absolute Gasteiger partial charge is 0.255 e. The summed E-state index contributed by atoms with van der Waals surface area (Å²) in [5.74, 6) is 0.908. The molecule has 6 nitrogen and oxygen atoms in total. The minimum absolute atomic E-state index is 0.0860. The number of nitrogens with zero attached hydrogens (tertiary/aromatic N) is 5. The molecule has 0 radical (unpaired) electrons. The van der Waals surface area contributed by atoms with Gasteiger partial charge in [-0.3, -0.25) is 9.78 Å². The van der Waals surface area contributed by atoms with Crippen LogP contribution in [-0.4, -0.2) is 50.9 Å². The van der Waals surface area contributed by atoms with Gasteiger partial charge in [0.05, 0.1) is 5.56 Å². The summed E-state index contributed by atoms with van der Waals surface area (Å²) in [6.07, 6.45) is 9.54. The van der Waals surface area contributed by atoms with E-state index in [-0.39, 0.29) is 11.4 Å². The number of hydrogen-bond donors (Lipinski definition) is 0. The van der Waals surface area contributed by atoms with Gasteiger partial charge in [-0.1, -0.05) is 0 Å². The van der Waals surface area contributed by atoms with Crippen molar-refractivity contribution in [2.75, 3.05) is 24.5 Å². The third kappa shape index (κ3) is 2.97. The van der Waals surface area contributed by atoms with E-state index in [2.05, 4.69) is 19.9 Å². The van der Waals surface area contributed by atoms with Crippen LogP contribution in [0.15, 0.2) is 36.8 Å². The summed E-state index contributed by atoms with van der Waals surface area (Å²) < 4.78 is 0. The first-order valence-corrected chi connectivity index (χ1v) is 8.95. The van der Waals surface area contributed by atoms with Crippen LogP contribution in [0.25, 0.3) is 0 Å². The van der Waals surface area contributed by atoms with E-state index < -0.39 is 0 Å². The van der Waals surface area contributed by atoms with Crippen molar-refractivity contribution in [2.45, 2.75) is 38.1 Å². The summed E-state index contributed by atoms with van der Waals surface area (Å²) in [6, 6.07) is 5.61. The molecule has 25 heavy (non-hydrogen) atoms. The van der Waals surface area contributed by atoms with Crippen molar-refractivity contribution in [1.29, 1.82) is 0 Å². The highest BCUT2D eigenvalue weighted by atomic mass is 16.2. The molecule has 2 aromatic rings. The maximum absolute atomic E-state index is 12.7. The van der Waals surface area contributed by atoms with Crippen LogP contribution in [0.3, 0.4) is 0 Å². The normalized spacial score (nSPS) is 19.4. The molecule has 0 unspecified atom stereocenters. The zero-order valence-electron chi connectivity index (χ0n) is 14.6. The molecule has 0 aromatic carbocycles. The van der Waals surface area contributed by atoms with Crippen molar-refractivity contribution < 1.29 is 4.79 Å². The van der Waals surface area contributed by atoms with Gasteiger partial charge in [-0.25, -0.2) is 9.97 Å². The van der Waals surface area contributed by atoms with Crippen LogP contribution in [0.4, 0.5) is 5.95 Å². The molecule has 0 atom stereocenters. The molecule has 2 saturated heterocycles. The van der Waals surface area contributed by atoms with E-state index >= 15 is 0 Å². The number of hydrogen-bond acceptors (Lipinski definition) is 5. The zero-order chi connectivity index (χ0) is 17.3. The summed E-state index contributed by atoms with van der Waals surface area (Å²) in [5.41, 5.74) is 1.71.